The summed E-state index contributed by atoms with van der Waals surface area (Å²) < 4.78 is 0. The molecular formula is C25H24ClNO2. The number of halogens is 1. The zero-order valence-electron chi connectivity index (χ0n) is 16.7. The minimum Gasteiger partial charge on any atom is -0.294 e. The predicted molar refractivity (Wildman–Crippen MR) is 118 cm³/mol. The lowest BCUT2D eigenvalue weighted by Crippen LogP contribution is -2.44. The van der Waals surface area contributed by atoms with Crippen molar-refractivity contribution in [1.82, 2.24) is 0 Å². The second kappa shape index (κ2) is 7.64. The molecule has 148 valence electrons. The van der Waals surface area contributed by atoms with Crippen molar-refractivity contribution in [3.63, 3.8) is 0 Å². The predicted octanol–water partition coefficient (Wildman–Crippen LogP) is 6.05. The Morgan fingerprint density at radius 1 is 1.00 bits per heavy atom. The molecule has 29 heavy (non-hydrogen) atoms. The highest BCUT2D eigenvalue weighted by atomic mass is 35.5. The molecule has 0 bridgehead atoms. The number of ketones is 1. The summed E-state index contributed by atoms with van der Waals surface area (Å²) in [6.45, 7) is 4.15. The van der Waals surface area contributed by atoms with Gasteiger partial charge >= 0.3 is 0 Å². The molecule has 1 heterocycles. The van der Waals surface area contributed by atoms with Crippen LogP contribution in [0.4, 0.5) is 5.69 Å². The molecule has 2 aromatic carbocycles. The van der Waals surface area contributed by atoms with Crippen LogP contribution < -0.4 is 4.90 Å². The molecule has 4 heteroatoms. The van der Waals surface area contributed by atoms with Gasteiger partial charge in [0.1, 0.15) is 0 Å². The number of nitrogens with zero attached hydrogens (tertiary/aromatic N) is 1. The summed E-state index contributed by atoms with van der Waals surface area (Å²) in [5.74, 6) is -0.103. The Bertz CT molecular complexity index is 1020. The summed E-state index contributed by atoms with van der Waals surface area (Å²) in [5, 5.41) is 0.516. The number of carbonyl (C=O) groups excluding carboxylic acids is 2. The summed E-state index contributed by atoms with van der Waals surface area (Å²) in [6, 6.07) is 17.3. The highest BCUT2D eigenvalue weighted by Crippen LogP contribution is 2.46. The zero-order valence-corrected chi connectivity index (χ0v) is 17.4. The van der Waals surface area contributed by atoms with E-state index in [9.17, 15) is 9.59 Å². The topological polar surface area (TPSA) is 37.4 Å². The highest BCUT2D eigenvalue weighted by Gasteiger charge is 2.43. The molecule has 0 radical (unpaired) electrons. The summed E-state index contributed by atoms with van der Waals surface area (Å²) in [4.78, 5) is 28.1. The molecule has 1 aliphatic carbocycles. The molecule has 2 aliphatic rings. The van der Waals surface area contributed by atoms with E-state index < -0.39 is 0 Å². The molecule has 0 spiro atoms. The van der Waals surface area contributed by atoms with Gasteiger partial charge in [0.15, 0.2) is 5.78 Å². The molecule has 0 aromatic heterocycles. The SMILES string of the molecule is CC1(C)CC(=O)C2=C(C1)N(c1ccccc1Cl)C(=O)CC2/C=C/c1ccccc1. The monoisotopic (exact) mass is 405 g/mol. The van der Waals surface area contributed by atoms with E-state index in [0.717, 1.165) is 16.8 Å². The van der Waals surface area contributed by atoms with E-state index in [1.807, 2.05) is 60.7 Å². The Labute approximate surface area is 176 Å². The number of benzene rings is 2. The fourth-order valence-electron chi connectivity index (χ4n) is 4.32. The maximum atomic E-state index is 13.2. The first-order valence-electron chi connectivity index (χ1n) is 9.93. The van der Waals surface area contributed by atoms with E-state index in [0.29, 0.717) is 23.6 Å². The second-order valence-corrected chi connectivity index (χ2v) is 8.97. The minimum absolute atomic E-state index is 0.0231. The molecule has 1 unspecified atom stereocenters. The van der Waals surface area contributed by atoms with Gasteiger partial charge in [-0.05, 0) is 29.5 Å². The van der Waals surface area contributed by atoms with Crippen molar-refractivity contribution in [1.29, 1.82) is 0 Å². The van der Waals surface area contributed by atoms with Gasteiger partial charge in [0.05, 0.1) is 10.7 Å². The zero-order chi connectivity index (χ0) is 20.6. The average molecular weight is 406 g/mol. The fourth-order valence-corrected chi connectivity index (χ4v) is 4.54. The Morgan fingerprint density at radius 3 is 2.41 bits per heavy atom. The summed E-state index contributed by atoms with van der Waals surface area (Å²) in [6.07, 6.45) is 5.43. The number of carbonyl (C=O) groups is 2. The van der Waals surface area contributed by atoms with Gasteiger partial charge in [0.25, 0.3) is 0 Å². The maximum Gasteiger partial charge on any atom is 0.232 e. The van der Waals surface area contributed by atoms with Crippen molar-refractivity contribution in [3.05, 3.63) is 82.5 Å². The molecule has 0 saturated heterocycles. The van der Waals surface area contributed by atoms with Crippen molar-refractivity contribution >= 4 is 35.1 Å². The van der Waals surface area contributed by atoms with Crippen LogP contribution in [0.25, 0.3) is 6.08 Å². The van der Waals surface area contributed by atoms with E-state index >= 15 is 0 Å². The van der Waals surface area contributed by atoms with Gasteiger partial charge in [-0.2, -0.15) is 0 Å². The number of amides is 1. The number of allylic oxidation sites excluding steroid dienone is 3. The van der Waals surface area contributed by atoms with Gasteiger partial charge in [-0.1, -0.05) is 80.1 Å². The van der Waals surface area contributed by atoms with Crippen LogP contribution in [0.1, 0.15) is 38.7 Å². The second-order valence-electron chi connectivity index (χ2n) is 8.56. The Kier molecular flexibility index (Phi) is 5.18. The number of hydrogen-bond donors (Lipinski definition) is 0. The van der Waals surface area contributed by atoms with Gasteiger partial charge in [-0.25, -0.2) is 0 Å². The minimum atomic E-state index is -0.208. The normalized spacial score (nSPS) is 21.6. The van der Waals surface area contributed by atoms with Gasteiger partial charge in [-0.15, -0.1) is 0 Å². The third-order valence-corrected chi connectivity index (χ3v) is 5.91. The van der Waals surface area contributed by atoms with Crippen LogP contribution in [-0.4, -0.2) is 11.7 Å². The standard InChI is InChI=1S/C25H24ClNO2/c1-25(2)15-21-24(22(28)16-25)18(13-12-17-8-4-3-5-9-17)14-23(29)27(21)20-11-7-6-10-19(20)26/h3-13,18H,14-16H2,1-2H3/b13-12+. The lowest BCUT2D eigenvalue weighted by molar-refractivity contribution is -0.121. The van der Waals surface area contributed by atoms with Crippen molar-refractivity contribution in [2.45, 2.75) is 33.1 Å². The van der Waals surface area contributed by atoms with Crippen LogP contribution in [0.5, 0.6) is 0 Å². The van der Waals surface area contributed by atoms with E-state index in [1.54, 1.807) is 11.0 Å². The van der Waals surface area contributed by atoms with Gasteiger partial charge < -0.3 is 0 Å². The Hall–Kier alpha value is -2.65. The fraction of sp³-hybridized carbons (Fsp3) is 0.280. The first kappa shape index (κ1) is 19.7. The lowest BCUT2D eigenvalue weighted by Gasteiger charge is -2.42. The van der Waals surface area contributed by atoms with Crippen LogP contribution in [0.15, 0.2) is 71.9 Å². The van der Waals surface area contributed by atoms with Crippen LogP contribution >= 0.6 is 11.6 Å². The van der Waals surface area contributed by atoms with Crippen LogP contribution in [0.2, 0.25) is 5.02 Å². The molecule has 1 aliphatic heterocycles. The molecule has 0 saturated carbocycles. The lowest BCUT2D eigenvalue weighted by atomic mass is 9.70. The Balaban J connectivity index is 1.82. The number of hydrogen-bond acceptors (Lipinski definition) is 2. The summed E-state index contributed by atoms with van der Waals surface area (Å²) >= 11 is 6.42. The molecule has 0 fully saturated rings. The number of Topliss-reactive ketones (excluding diaryl/α,β-unsaturated/α-hetero) is 1. The van der Waals surface area contributed by atoms with Crippen molar-refractivity contribution in [2.75, 3.05) is 4.90 Å². The van der Waals surface area contributed by atoms with Crippen LogP contribution in [-0.2, 0) is 9.59 Å². The highest BCUT2D eigenvalue weighted by molar-refractivity contribution is 6.34. The molecule has 1 amide bonds. The smallest absolute Gasteiger partial charge is 0.232 e. The summed E-state index contributed by atoms with van der Waals surface area (Å²) in [7, 11) is 0. The van der Waals surface area contributed by atoms with Gasteiger partial charge in [-0.3, -0.25) is 14.5 Å². The van der Waals surface area contributed by atoms with E-state index in [-0.39, 0.29) is 29.4 Å². The average Bonchev–Trinajstić information content (AvgIpc) is 2.67. The van der Waals surface area contributed by atoms with Crippen LogP contribution in [0, 0.1) is 11.3 Å². The maximum absolute atomic E-state index is 13.2. The first-order valence-corrected chi connectivity index (χ1v) is 10.3. The van der Waals surface area contributed by atoms with Gasteiger partial charge in [0.2, 0.25) is 5.91 Å². The molecular weight excluding hydrogens is 382 g/mol. The Morgan fingerprint density at radius 2 is 1.69 bits per heavy atom. The van der Waals surface area contributed by atoms with E-state index in [2.05, 4.69) is 13.8 Å². The summed E-state index contributed by atoms with van der Waals surface area (Å²) in [5.41, 5.74) is 3.08. The molecule has 2 aromatic rings. The molecule has 3 nitrogen and oxygen atoms in total. The van der Waals surface area contributed by atoms with E-state index in [1.165, 1.54) is 0 Å². The van der Waals surface area contributed by atoms with Crippen LogP contribution in [0.3, 0.4) is 0 Å². The number of para-hydroxylation sites is 1. The third-order valence-electron chi connectivity index (χ3n) is 5.59. The molecule has 4 rings (SSSR count). The largest absolute Gasteiger partial charge is 0.294 e. The molecule has 0 N–H and O–H groups in total. The van der Waals surface area contributed by atoms with Crippen molar-refractivity contribution in [3.8, 4) is 0 Å². The number of anilines is 1. The molecule has 1 atom stereocenters. The third kappa shape index (κ3) is 3.92. The van der Waals surface area contributed by atoms with E-state index in [4.69, 9.17) is 11.6 Å². The van der Waals surface area contributed by atoms with Crippen molar-refractivity contribution in [2.24, 2.45) is 11.3 Å². The van der Waals surface area contributed by atoms with Crippen molar-refractivity contribution < 1.29 is 9.59 Å². The number of rotatable bonds is 3. The quantitative estimate of drug-likeness (QED) is 0.623. The van der Waals surface area contributed by atoms with Gasteiger partial charge in [0, 0.05) is 30.0 Å². The first-order chi connectivity index (χ1) is 13.9.